The molecule has 3 nitrogen and oxygen atoms in total. The van der Waals surface area contributed by atoms with Crippen LogP contribution in [0.4, 0.5) is 0 Å². The molecule has 1 unspecified atom stereocenters. The fourth-order valence-corrected chi connectivity index (χ4v) is 3.36. The van der Waals surface area contributed by atoms with E-state index < -0.39 is 0 Å². The third-order valence-corrected chi connectivity index (χ3v) is 5.41. The Bertz CT molecular complexity index is 681. The molecule has 0 N–H and O–H groups in total. The zero-order valence-electron chi connectivity index (χ0n) is 16.6. The average Bonchev–Trinajstić information content (AvgIpc) is 2.67. The summed E-state index contributed by atoms with van der Waals surface area (Å²) >= 11 is 12.8. The van der Waals surface area contributed by atoms with E-state index in [2.05, 4.69) is 30.7 Å². The maximum absolute atomic E-state index is 6.38. The number of hydrogen-bond acceptors (Lipinski definition) is 3. The minimum atomic E-state index is 0.442. The van der Waals surface area contributed by atoms with Gasteiger partial charge in [0.2, 0.25) is 0 Å². The highest BCUT2D eigenvalue weighted by molar-refractivity contribution is 6.34. The first kappa shape index (κ1) is 22.0. The normalized spacial score (nSPS) is 12.2. The standard InChI is InChI=1S/C22H30Cl2N2O/c1-4-6-7-8-9-14-27-18-12-10-17(11-13-18)22-25-20(23)19(21(24)26-22)15-16(3)5-2/h10-13,16H,4-9,14-15H2,1-3H3. The first-order valence-corrected chi connectivity index (χ1v) is 10.8. The Balaban J connectivity index is 1.98. The van der Waals surface area contributed by atoms with Gasteiger partial charge in [-0.15, -0.1) is 0 Å². The van der Waals surface area contributed by atoms with Gasteiger partial charge in [-0.2, -0.15) is 0 Å². The van der Waals surface area contributed by atoms with Gasteiger partial charge in [0.25, 0.3) is 0 Å². The lowest BCUT2D eigenvalue weighted by Crippen LogP contribution is -2.03. The van der Waals surface area contributed by atoms with E-state index in [1.165, 1.54) is 25.7 Å². The van der Waals surface area contributed by atoms with Crippen molar-refractivity contribution in [3.8, 4) is 17.1 Å². The molecule has 1 aromatic heterocycles. The van der Waals surface area contributed by atoms with Gasteiger partial charge in [0.1, 0.15) is 16.1 Å². The fourth-order valence-electron chi connectivity index (χ4n) is 2.82. The summed E-state index contributed by atoms with van der Waals surface area (Å²) in [6.45, 7) is 7.29. The summed E-state index contributed by atoms with van der Waals surface area (Å²) in [5.74, 6) is 1.90. The van der Waals surface area contributed by atoms with E-state index in [-0.39, 0.29) is 0 Å². The van der Waals surface area contributed by atoms with E-state index in [1.807, 2.05) is 24.3 Å². The lowest BCUT2D eigenvalue weighted by atomic mass is 10.0. The molecule has 0 aliphatic rings. The van der Waals surface area contributed by atoms with Gasteiger partial charge in [0.05, 0.1) is 6.61 Å². The maximum atomic E-state index is 6.38. The highest BCUT2D eigenvalue weighted by Gasteiger charge is 2.15. The lowest BCUT2D eigenvalue weighted by Gasteiger charge is -2.12. The first-order valence-electron chi connectivity index (χ1n) is 10.00. The SMILES string of the molecule is CCCCCCCOc1ccc(-c2nc(Cl)c(CC(C)CC)c(Cl)n2)cc1. The van der Waals surface area contributed by atoms with Gasteiger partial charge in [0, 0.05) is 11.1 Å². The molecular formula is C22H30Cl2N2O. The Morgan fingerprint density at radius 2 is 1.56 bits per heavy atom. The van der Waals surface area contributed by atoms with Crippen LogP contribution in [0.1, 0.15) is 64.9 Å². The number of hydrogen-bond donors (Lipinski definition) is 0. The lowest BCUT2D eigenvalue weighted by molar-refractivity contribution is 0.304. The molecule has 27 heavy (non-hydrogen) atoms. The van der Waals surface area contributed by atoms with Crippen molar-refractivity contribution in [3.63, 3.8) is 0 Å². The van der Waals surface area contributed by atoms with Crippen molar-refractivity contribution in [2.75, 3.05) is 6.61 Å². The Hall–Kier alpha value is -1.32. The van der Waals surface area contributed by atoms with Crippen LogP contribution >= 0.6 is 23.2 Å². The molecule has 1 heterocycles. The summed E-state index contributed by atoms with van der Waals surface area (Å²) in [6, 6.07) is 7.78. The Morgan fingerprint density at radius 1 is 0.926 bits per heavy atom. The molecule has 0 radical (unpaired) electrons. The van der Waals surface area contributed by atoms with Crippen LogP contribution < -0.4 is 4.74 Å². The van der Waals surface area contributed by atoms with E-state index >= 15 is 0 Å². The molecule has 0 aliphatic heterocycles. The number of aromatic nitrogens is 2. The number of benzene rings is 1. The van der Waals surface area contributed by atoms with Crippen LogP contribution in [0.25, 0.3) is 11.4 Å². The third-order valence-electron chi connectivity index (χ3n) is 4.78. The van der Waals surface area contributed by atoms with Gasteiger partial charge in [-0.25, -0.2) is 9.97 Å². The van der Waals surface area contributed by atoms with Gasteiger partial charge >= 0.3 is 0 Å². The van der Waals surface area contributed by atoms with Crippen molar-refractivity contribution in [1.82, 2.24) is 9.97 Å². The maximum Gasteiger partial charge on any atom is 0.162 e. The molecule has 0 aliphatic carbocycles. The molecule has 2 rings (SSSR count). The van der Waals surface area contributed by atoms with Crippen LogP contribution in [0.2, 0.25) is 10.3 Å². The van der Waals surface area contributed by atoms with Crippen molar-refractivity contribution in [2.24, 2.45) is 5.92 Å². The molecule has 2 aromatic rings. The van der Waals surface area contributed by atoms with Crippen LogP contribution in [-0.4, -0.2) is 16.6 Å². The minimum absolute atomic E-state index is 0.442. The molecule has 0 saturated heterocycles. The van der Waals surface area contributed by atoms with Crippen molar-refractivity contribution >= 4 is 23.2 Å². The monoisotopic (exact) mass is 408 g/mol. The molecule has 5 heteroatoms. The number of rotatable bonds is 11. The van der Waals surface area contributed by atoms with Gasteiger partial charge in [-0.1, -0.05) is 76.1 Å². The van der Waals surface area contributed by atoms with Crippen molar-refractivity contribution in [3.05, 3.63) is 40.1 Å². The molecule has 0 fully saturated rings. The first-order chi connectivity index (χ1) is 13.0. The van der Waals surface area contributed by atoms with E-state index in [4.69, 9.17) is 27.9 Å². The molecule has 148 valence electrons. The van der Waals surface area contributed by atoms with Crippen LogP contribution in [0.15, 0.2) is 24.3 Å². The van der Waals surface area contributed by atoms with Crippen LogP contribution in [0.3, 0.4) is 0 Å². The smallest absolute Gasteiger partial charge is 0.162 e. The second kappa shape index (κ2) is 11.5. The zero-order chi connectivity index (χ0) is 19.6. The summed E-state index contributed by atoms with van der Waals surface area (Å²) in [4.78, 5) is 8.91. The highest BCUT2D eigenvalue weighted by atomic mass is 35.5. The van der Waals surface area contributed by atoms with Crippen LogP contribution in [-0.2, 0) is 6.42 Å². The minimum Gasteiger partial charge on any atom is -0.494 e. The Labute approximate surface area is 173 Å². The molecule has 1 aromatic carbocycles. The van der Waals surface area contributed by atoms with Gasteiger partial charge < -0.3 is 4.74 Å². The third kappa shape index (κ3) is 6.97. The van der Waals surface area contributed by atoms with Crippen LogP contribution in [0.5, 0.6) is 5.75 Å². The molecule has 1 atom stereocenters. The molecule has 0 spiro atoms. The van der Waals surface area contributed by atoms with Gasteiger partial charge in [-0.3, -0.25) is 0 Å². The summed E-state index contributed by atoms with van der Waals surface area (Å²) in [7, 11) is 0. The number of ether oxygens (including phenoxy) is 1. The summed E-state index contributed by atoms with van der Waals surface area (Å²) in [6.07, 6.45) is 8.01. The summed E-state index contributed by atoms with van der Waals surface area (Å²) in [5, 5.41) is 0.885. The highest BCUT2D eigenvalue weighted by Crippen LogP contribution is 2.29. The number of nitrogens with zero attached hydrogens (tertiary/aromatic N) is 2. The predicted molar refractivity (Wildman–Crippen MR) is 115 cm³/mol. The van der Waals surface area contributed by atoms with E-state index in [0.717, 1.165) is 42.7 Å². The van der Waals surface area contributed by atoms with E-state index in [9.17, 15) is 0 Å². The Morgan fingerprint density at radius 3 is 2.15 bits per heavy atom. The molecule has 0 bridgehead atoms. The second-order valence-electron chi connectivity index (χ2n) is 7.11. The summed E-state index contributed by atoms with van der Waals surface area (Å²) < 4.78 is 5.81. The molecule has 0 amide bonds. The molecule has 0 saturated carbocycles. The van der Waals surface area contributed by atoms with Gasteiger partial charge in [0.15, 0.2) is 5.82 Å². The quantitative estimate of drug-likeness (QED) is 0.287. The average molecular weight is 409 g/mol. The topological polar surface area (TPSA) is 35.0 Å². The van der Waals surface area contributed by atoms with Crippen molar-refractivity contribution in [2.45, 2.75) is 65.7 Å². The van der Waals surface area contributed by atoms with Gasteiger partial charge in [-0.05, 0) is 43.0 Å². The van der Waals surface area contributed by atoms with E-state index in [1.54, 1.807) is 0 Å². The summed E-state index contributed by atoms with van der Waals surface area (Å²) in [5.41, 5.74) is 1.71. The fraction of sp³-hybridized carbons (Fsp3) is 0.545. The van der Waals surface area contributed by atoms with Crippen LogP contribution in [0, 0.1) is 5.92 Å². The zero-order valence-corrected chi connectivity index (χ0v) is 18.1. The number of unbranched alkanes of at least 4 members (excludes halogenated alkanes) is 4. The van der Waals surface area contributed by atoms with E-state index in [0.29, 0.717) is 22.0 Å². The molecular weight excluding hydrogens is 379 g/mol. The second-order valence-corrected chi connectivity index (χ2v) is 7.83. The largest absolute Gasteiger partial charge is 0.494 e. The Kier molecular flexibility index (Phi) is 9.36. The predicted octanol–water partition coefficient (Wildman–Crippen LogP) is 7.39. The number of halogens is 2. The van der Waals surface area contributed by atoms with Crippen molar-refractivity contribution in [1.29, 1.82) is 0 Å². The van der Waals surface area contributed by atoms with Crippen molar-refractivity contribution < 1.29 is 4.74 Å².